The molecule has 0 bridgehead atoms. The lowest BCUT2D eigenvalue weighted by atomic mass is 9.91. The topological polar surface area (TPSA) is 52.0 Å². The molecule has 0 saturated carbocycles. The number of hydrogen-bond donors (Lipinski definition) is 2. The highest BCUT2D eigenvalue weighted by Gasteiger charge is 2.10. The molecule has 0 amide bonds. The van der Waals surface area contributed by atoms with Gasteiger partial charge in [0, 0.05) is 0 Å². The first kappa shape index (κ1) is 13.9. The van der Waals surface area contributed by atoms with Gasteiger partial charge in [-0.1, -0.05) is 58.8 Å². The summed E-state index contributed by atoms with van der Waals surface area (Å²) >= 11 is 0. The molecular formula is C12H28N2. The fourth-order valence-electron chi connectivity index (χ4n) is 1.94. The second kappa shape index (κ2) is 9.47. The van der Waals surface area contributed by atoms with Crippen molar-refractivity contribution in [3.8, 4) is 0 Å². The van der Waals surface area contributed by atoms with E-state index < -0.39 is 0 Å². The molecule has 0 spiro atoms. The fraction of sp³-hybridized carbons (Fsp3) is 1.00. The van der Waals surface area contributed by atoms with E-state index in [9.17, 15) is 0 Å². The molecule has 0 aromatic heterocycles. The quantitative estimate of drug-likeness (QED) is 0.444. The molecule has 0 fully saturated rings. The van der Waals surface area contributed by atoms with Crippen molar-refractivity contribution in [1.29, 1.82) is 0 Å². The van der Waals surface area contributed by atoms with Gasteiger partial charge >= 0.3 is 0 Å². The van der Waals surface area contributed by atoms with E-state index in [1.54, 1.807) is 0 Å². The van der Waals surface area contributed by atoms with Crippen LogP contribution in [0.25, 0.3) is 0 Å². The molecule has 2 nitrogen and oxygen atoms in total. The molecule has 1 atom stereocenters. The van der Waals surface area contributed by atoms with Gasteiger partial charge in [-0.3, -0.25) is 0 Å². The molecule has 0 aliphatic carbocycles. The van der Waals surface area contributed by atoms with Crippen LogP contribution in [0.4, 0.5) is 0 Å². The minimum absolute atomic E-state index is 0.113. The van der Waals surface area contributed by atoms with Gasteiger partial charge in [0.2, 0.25) is 0 Å². The molecule has 4 N–H and O–H groups in total. The third-order valence-corrected chi connectivity index (χ3v) is 2.79. The van der Waals surface area contributed by atoms with Crippen molar-refractivity contribution in [3.63, 3.8) is 0 Å². The second-order valence-electron chi connectivity index (χ2n) is 4.40. The third kappa shape index (κ3) is 8.52. The molecule has 14 heavy (non-hydrogen) atoms. The molecule has 0 heterocycles. The summed E-state index contributed by atoms with van der Waals surface area (Å²) in [5.41, 5.74) is 11.3. The lowest BCUT2D eigenvalue weighted by Crippen LogP contribution is -2.32. The van der Waals surface area contributed by atoms with Gasteiger partial charge in [-0.05, 0) is 12.3 Å². The molecule has 0 aliphatic heterocycles. The summed E-state index contributed by atoms with van der Waals surface area (Å²) in [5.74, 6) is 0.765. The maximum atomic E-state index is 5.65. The van der Waals surface area contributed by atoms with Gasteiger partial charge < -0.3 is 11.5 Å². The van der Waals surface area contributed by atoms with E-state index in [-0.39, 0.29) is 6.17 Å². The summed E-state index contributed by atoms with van der Waals surface area (Å²) in [6.07, 6.45) is 10.1. The van der Waals surface area contributed by atoms with Crippen molar-refractivity contribution in [2.45, 2.75) is 71.4 Å². The molecular weight excluding hydrogens is 172 g/mol. The highest BCUT2D eigenvalue weighted by atomic mass is 14.8. The van der Waals surface area contributed by atoms with Crippen molar-refractivity contribution in [1.82, 2.24) is 0 Å². The van der Waals surface area contributed by atoms with E-state index in [2.05, 4.69) is 13.8 Å². The molecule has 86 valence electrons. The molecule has 0 saturated heterocycles. The van der Waals surface area contributed by atoms with E-state index in [1.807, 2.05) is 0 Å². The Balaban J connectivity index is 3.61. The number of rotatable bonds is 9. The maximum Gasteiger partial charge on any atom is 0.0523 e. The Kier molecular flexibility index (Phi) is 9.42. The normalized spacial score (nSPS) is 13.5. The van der Waals surface area contributed by atoms with E-state index in [1.165, 1.54) is 44.9 Å². The SMILES string of the molecule is CCCCCC(CCCC)CC(N)N. The minimum atomic E-state index is -0.113. The van der Waals surface area contributed by atoms with Gasteiger partial charge in [0.05, 0.1) is 6.17 Å². The zero-order chi connectivity index (χ0) is 10.8. The number of nitrogens with two attached hydrogens (primary N) is 2. The standard InChI is InChI=1S/C12H28N2/c1-3-5-7-9-11(8-6-4-2)10-12(13)14/h11-12H,3-10,13-14H2,1-2H3. The Morgan fingerprint density at radius 3 is 1.93 bits per heavy atom. The third-order valence-electron chi connectivity index (χ3n) is 2.79. The van der Waals surface area contributed by atoms with E-state index >= 15 is 0 Å². The highest BCUT2D eigenvalue weighted by molar-refractivity contribution is 4.64. The average Bonchev–Trinajstić information content (AvgIpc) is 2.13. The Hall–Kier alpha value is -0.0800. The minimum Gasteiger partial charge on any atom is -0.316 e. The Morgan fingerprint density at radius 1 is 0.857 bits per heavy atom. The zero-order valence-electron chi connectivity index (χ0n) is 9.97. The van der Waals surface area contributed by atoms with E-state index in [0.717, 1.165) is 12.3 Å². The predicted octanol–water partition coefficient (Wildman–Crippen LogP) is 3.01. The lowest BCUT2D eigenvalue weighted by molar-refractivity contribution is 0.363. The van der Waals surface area contributed by atoms with Crippen molar-refractivity contribution in [2.75, 3.05) is 0 Å². The Bertz CT molecular complexity index is 113. The van der Waals surface area contributed by atoms with Crippen LogP contribution < -0.4 is 11.5 Å². The molecule has 0 aromatic rings. The molecule has 1 unspecified atom stereocenters. The molecule has 0 aromatic carbocycles. The first-order valence-corrected chi connectivity index (χ1v) is 6.21. The molecule has 0 rings (SSSR count). The largest absolute Gasteiger partial charge is 0.316 e. The Labute approximate surface area is 89.4 Å². The molecule has 0 radical (unpaired) electrons. The summed E-state index contributed by atoms with van der Waals surface area (Å²) in [5, 5.41) is 0. The highest BCUT2D eigenvalue weighted by Crippen LogP contribution is 2.20. The van der Waals surface area contributed by atoms with Crippen LogP contribution in [0.15, 0.2) is 0 Å². The van der Waals surface area contributed by atoms with Crippen molar-refractivity contribution < 1.29 is 0 Å². The van der Waals surface area contributed by atoms with Crippen molar-refractivity contribution in [3.05, 3.63) is 0 Å². The summed E-state index contributed by atoms with van der Waals surface area (Å²) < 4.78 is 0. The van der Waals surface area contributed by atoms with Crippen LogP contribution in [0, 0.1) is 5.92 Å². The zero-order valence-corrected chi connectivity index (χ0v) is 9.97. The number of unbranched alkanes of at least 4 members (excludes halogenated alkanes) is 3. The maximum absolute atomic E-state index is 5.65. The van der Waals surface area contributed by atoms with Crippen LogP contribution >= 0.6 is 0 Å². The first-order valence-electron chi connectivity index (χ1n) is 6.21. The van der Waals surface area contributed by atoms with Crippen LogP contribution in [-0.2, 0) is 0 Å². The van der Waals surface area contributed by atoms with E-state index in [0.29, 0.717) is 0 Å². The van der Waals surface area contributed by atoms with Crippen LogP contribution in [0.3, 0.4) is 0 Å². The lowest BCUT2D eigenvalue weighted by Gasteiger charge is -2.18. The Morgan fingerprint density at radius 2 is 1.43 bits per heavy atom. The van der Waals surface area contributed by atoms with Crippen LogP contribution in [0.1, 0.15) is 65.2 Å². The van der Waals surface area contributed by atoms with Crippen LogP contribution in [-0.4, -0.2) is 6.17 Å². The van der Waals surface area contributed by atoms with Gasteiger partial charge in [0.1, 0.15) is 0 Å². The van der Waals surface area contributed by atoms with Gasteiger partial charge in [-0.15, -0.1) is 0 Å². The van der Waals surface area contributed by atoms with Crippen molar-refractivity contribution >= 4 is 0 Å². The van der Waals surface area contributed by atoms with Crippen LogP contribution in [0.2, 0.25) is 0 Å². The predicted molar refractivity (Wildman–Crippen MR) is 63.9 cm³/mol. The van der Waals surface area contributed by atoms with Crippen molar-refractivity contribution in [2.24, 2.45) is 17.4 Å². The van der Waals surface area contributed by atoms with Gasteiger partial charge in [-0.25, -0.2) is 0 Å². The second-order valence-corrected chi connectivity index (χ2v) is 4.40. The first-order chi connectivity index (χ1) is 6.70. The van der Waals surface area contributed by atoms with Gasteiger partial charge in [0.25, 0.3) is 0 Å². The van der Waals surface area contributed by atoms with Crippen LogP contribution in [0.5, 0.6) is 0 Å². The molecule has 2 heteroatoms. The van der Waals surface area contributed by atoms with Gasteiger partial charge in [0.15, 0.2) is 0 Å². The number of hydrogen-bond acceptors (Lipinski definition) is 2. The summed E-state index contributed by atoms with van der Waals surface area (Å²) in [6, 6.07) is 0. The average molecular weight is 200 g/mol. The summed E-state index contributed by atoms with van der Waals surface area (Å²) in [4.78, 5) is 0. The van der Waals surface area contributed by atoms with Gasteiger partial charge in [-0.2, -0.15) is 0 Å². The fourth-order valence-corrected chi connectivity index (χ4v) is 1.94. The smallest absolute Gasteiger partial charge is 0.0523 e. The molecule has 0 aliphatic rings. The summed E-state index contributed by atoms with van der Waals surface area (Å²) in [6.45, 7) is 4.49. The van der Waals surface area contributed by atoms with E-state index in [4.69, 9.17) is 11.5 Å². The summed E-state index contributed by atoms with van der Waals surface area (Å²) in [7, 11) is 0. The monoisotopic (exact) mass is 200 g/mol.